The number of halogens is 4. The molecule has 10 heteroatoms. The molecule has 0 saturated heterocycles. The van der Waals surface area contributed by atoms with Gasteiger partial charge in [0.05, 0.1) is 6.20 Å². The van der Waals surface area contributed by atoms with Crippen LogP contribution in [0.3, 0.4) is 0 Å². The standard InChI is InChI=1S/C21H19F4N3O3.H2/c1-11-6-14(31-20(24)25)10-26-18(11)19(29)27-13-4-5-17(23)16(7-13)21(3)8-15(9-22)30-12(2)28-21;/h4-8,10,20H,9H2,1-3H3,(H,27,29);1H/t21-;/m0./s1. The van der Waals surface area contributed by atoms with Crippen molar-refractivity contribution in [3.05, 3.63) is 64.9 Å². The highest BCUT2D eigenvalue weighted by Gasteiger charge is 2.32. The molecule has 0 aliphatic carbocycles. The van der Waals surface area contributed by atoms with Crippen molar-refractivity contribution in [1.29, 1.82) is 0 Å². The molecule has 0 radical (unpaired) electrons. The summed E-state index contributed by atoms with van der Waals surface area (Å²) in [6.07, 6.45) is 2.38. The summed E-state index contributed by atoms with van der Waals surface area (Å²) in [5.74, 6) is -1.22. The number of ether oxygens (including phenoxy) is 2. The molecule has 1 amide bonds. The number of anilines is 1. The molecule has 6 nitrogen and oxygen atoms in total. The van der Waals surface area contributed by atoms with Crippen molar-refractivity contribution in [2.45, 2.75) is 32.9 Å². The van der Waals surface area contributed by atoms with Crippen LogP contribution < -0.4 is 10.1 Å². The Morgan fingerprint density at radius 1 is 1.32 bits per heavy atom. The van der Waals surface area contributed by atoms with Gasteiger partial charge < -0.3 is 14.8 Å². The van der Waals surface area contributed by atoms with Gasteiger partial charge in [0.1, 0.15) is 35.2 Å². The molecule has 0 unspecified atom stereocenters. The summed E-state index contributed by atoms with van der Waals surface area (Å²) in [5, 5.41) is 2.59. The number of hydrogen-bond donors (Lipinski definition) is 1. The molecule has 2 aromatic rings. The van der Waals surface area contributed by atoms with Crippen molar-refractivity contribution in [2.75, 3.05) is 12.0 Å². The number of aryl methyl sites for hydroxylation is 1. The predicted molar refractivity (Wildman–Crippen MR) is 108 cm³/mol. The summed E-state index contributed by atoms with van der Waals surface area (Å²) in [6, 6.07) is 5.14. The number of nitrogens with zero attached hydrogens (tertiary/aromatic N) is 2. The highest BCUT2D eigenvalue weighted by atomic mass is 19.3. The van der Waals surface area contributed by atoms with Crippen LogP contribution in [0.15, 0.2) is 47.3 Å². The summed E-state index contributed by atoms with van der Waals surface area (Å²) in [7, 11) is 0. The number of aliphatic imine (C=N–C) groups is 1. The van der Waals surface area contributed by atoms with Gasteiger partial charge in [-0.05, 0) is 49.8 Å². The number of aromatic nitrogens is 1. The van der Waals surface area contributed by atoms with Crippen molar-refractivity contribution in [2.24, 2.45) is 4.99 Å². The molecule has 2 heterocycles. The molecule has 166 valence electrons. The van der Waals surface area contributed by atoms with E-state index in [1.54, 1.807) is 6.92 Å². The molecule has 0 spiro atoms. The maximum absolute atomic E-state index is 14.6. The average molecular weight is 439 g/mol. The summed E-state index contributed by atoms with van der Waals surface area (Å²) in [6.45, 7) is 0.742. The number of nitrogens with one attached hydrogen (secondary N) is 1. The van der Waals surface area contributed by atoms with E-state index in [0.717, 1.165) is 12.3 Å². The van der Waals surface area contributed by atoms with Crippen LogP contribution in [-0.2, 0) is 10.3 Å². The van der Waals surface area contributed by atoms with Crippen LogP contribution in [-0.4, -0.2) is 30.1 Å². The molecule has 0 saturated carbocycles. The van der Waals surface area contributed by atoms with Gasteiger partial charge in [0.2, 0.25) is 0 Å². The molecule has 1 N–H and O–H groups in total. The number of alkyl halides is 3. The van der Waals surface area contributed by atoms with E-state index in [1.807, 2.05) is 0 Å². The molecule has 3 rings (SSSR count). The van der Waals surface area contributed by atoms with Crippen LogP contribution in [0.1, 0.15) is 36.9 Å². The number of carbonyl (C=O) groups is 1. The second kappa shape index (κ2) is 8.75. The Morgan fingerprint density at radius 2 is 2.06 bits per heavy atom. The molecule has 1 aromatic heterocycles. The zero-order chi connectivity index (χ0) is 22.8. The number of allylic oxidation sites excluding steroid dienone is 1. The third-order valence-corrected chi connectivity index (χ3v) is 4.51. The Hall–Kier alpha value is -3.43. The predicted octanol–water partition coefficient (Wildman–Crippen LogP) is 5.15. The maximum atomic E-state index is 14.6. The van der Waals surface area contributed by atoms with E-state index >= 15 is 0 Å². The first-order valence-corrected chi connectivity index (χ1v) is 9.16. The summed E-state index contributed by atoms with van der Waals surface area (Å²) in [4.78, 5) is 20.8. The minimum absolute atomic E-state index is 0. The van der Waals surface area contributed by atoms with E-state index < -0.39 is 30.5 Å². The summed E-state index contributed by atoms with van der Waals surface area (Å²) in [5.41, 5.74) is -0.601. The van der Waals surface area contributed by atoms with Crippen LogP contribution in [0.2, 0.25) is 0 Å². The van der Waals surface area contributed by atoms with Gasteiger partial charge in [-0.3, -0.25) is 4.79 Å². The smallest absolute Gasteiger partial charge is 0.387 e. The Balaban J connectivity index is 0.00000363. The number of carbonyl (C=O) groups excluding carboxylic acids is 1. The van der Waals surface area contributed by atoms with Crippen LogP contribution >= 0.6 is 0 Å². The molecule has 0 fully saturated rings. The molecule has 0 bridgehead atoms. The highest BCUT2D eigenvalue weighted by molar-refractivity contribution is 6.03. The van der Waals surface area contributed by atoms with Gasteiger partial charge in [0, 0.05) is 19.6 Å². The second-order valence-electron chi connectivity index (χ2n) is 6.99. The first kappa shape index (κ1) is 22.3. The Labute approximate surface area is 177 Å². The van der Waals surface area contributed by atoms with Crippen molar-refractivity contribution < 1.29 is 33.3 Å². The number of hydrogen-bond acceptors (Lipinski definition) is 5. The minimum Gasteiger partial charge on any atom is -0.445 e. The Morgan fingerprint density at radius 3 is 2.71 bits per heavy atom. The van der Waals surface area contributed by atoms with Gasteiger partial charge in [-0.15, -0.1) is 0 Å². The maximum Gasteiger partial charge on any atom is 0.387 e. The van der Waals surface area contributed by atoms with Gasteiger partial charge in [-0.1, -0.05) is 0 Å². The molecule has 31 heavy (non-hydrogen) atoms. The summed E-state index contributed by atoms with van der Waals surface area (Å²) < 4.78 is 61.8. The van der Waals surface area contributed by atoms with E-state index in [9.17, 15) is 22.4 Å². The average Bonchev–Trinajstić information content (AvgIpc) is 2.68. The zero-order valence-electron chi connectivity index (χ0n) is 16.9. The first-order chi connectivity index (χ1) is 14.6. The van der Waals surface area contributed by atoms with Crippen molar-refractivity contribution in [3.8, 4) is 5.75 Å². The Kier molecular flexibility index (Phi) is 6.28. The highest BCUT2D eigenvalue weighted by Crippen LogP contribution is 2.35. The zero-order valence-corrected chi connectivity index (χ0v) is 16.9. The quantitative estimate of drug-likeness (QED) is 0.632. The largest absolute Gasteiger partial charge is 0.445 e. The van der Waals surface area contributed by atoms with Gasteiger partial charge in [-0.25, -0.2) is 18.8 Å². The first-order valence-electron chi connectivity index (χ1n) is 9.16. The monoisotopic (exact) mass is 439 g/mol. The molecule has 1 aliphatic rings. The molecular weight excluding hydrogens is 418 g/mol. The third-order valence-electron chi connectivity index (χ3n) is 4.51. The van der Waals surface area contributed by atoms with E-state index in [4.69, 9.17) is 4.74 Å². The number of benzene rings is 1. The van der Waals surface area contributed by atoms with Crippen molar-refractivity contribution in [1.82, 2.24) is 4.98 Å². The lowest BCUT2D eigenvalue weighted by atomic mass is 9.90. The van der Waals surface area contributed by atoms with Crippen LogP contribution in [0, 0.1) is 12.7 Å². The molecule has 1 atom stereocenters. The number of amides is 1. The van der Waals surface area contributed by atoms with Gasteiger partial charge >= 0.3 is 6.61 Å². The fourth-order valence-electron chi connectivity index (χ4n) is 3.25. The lowest BCUT2D eigenvalue weighted by Gasteiger charge is -2.28. The molecule has 1 aromatic carbocycles. The second-order valence-corrected chi connectivity index (χ2v) is 6.99. The fourth-order valence-corrected chi connectivity index (χ4v) is 3.25. The molecule has 1 aliphatic heterocycles. The van der Waals surface area contributed by atoms with E-state index in [0.29, 0.717) is 5.56 Å². The fraction of sp³-hybridized carbons (Fsp3) is 0.286. The van der Waals surface area contributed by atoms with Crippen molar-refractivity contribution >= 4 is 17.5 Å². The summed E-state index contributed by atoms with van der Waals surface area (Å²) >= 11 is 0. The van der Waals surface area contributed by atoms with E-state index in [2.05, 4.69) is 20.0 Å². The SMILES string of the molecule is CC1=N[C@](C)(c2cc(NC(=O)c3ncc(OC(F)F)cc3C)ccc2F)C=C(CF)O1.[HH]. The van der Waals surface area contributed by atoms with Crippen molar-refractivity contribution in [3.63, 3.8) is 0 Å². The minimum atomic E-state index is -3.01. The van der Waals surface area contributed by atoms with Crippen LogP contribution in [0.25, 0.3) is 0 Å². The third kappa shape index (κ3) is 5.01. The number of rotatable bonds is 6. The normalized spacial score (nSPS) is 18.2. The van der Waals surface area contributed by atoms with Gasteiger partial charge in [0.15, 0.2) is 5.90 Å². The lowest BCUT2D eigenvalue weighted by molar-refractivity contribution is -0.0501. The van der Waals surface area contributed by atoms with E-state index in [1.165, 1.54) is 38.1 Å². The van der Waals surface area contributed by atoms with Crippen LogP contribution in [0.4, 0.5) is 23.2 Å². The lowest BCUT2D eigenvalue weighted by Crippen LogP contribution is -2.26. The van der Waals surface area contributed by atoms with E-state index in [-0.39, 0.29) is 35.8 Å². The Bertz CT molecular complexity index is 1080. The van der Waals surface area contributed by atoms with Crippen LogP contribution in [0.5, 0.6) is 5.75 Å². The van der Waals surface area contributed by atoms with Gasteiger partial charge in [0.25, 0.3) is 5.91 Å². The number of pyridine rings is 1. The topological polar surface area (TPSA) is 72.8 Å². The molecular formula is C21H21F4N3O3. The van der Waals surface area contributed by atoms with Gasteiger partial charge in [-0.2, -0.15) is 8.78 Å².